The van der Waals surface area contributed by atoms with Gasteiger partial charge in [0, 0.05) is 23.9 Å². The highest BCUT2D eigenvalue weighted by Crippen LogP contribution is 2.27. The third-order valence-electron chi connectivity index (χ3n) is 3.61. The fraction of sp³-hybridized carbons (Fsp3) is 0.467. The lowest BCUT2D eigenvalue weighted by Gasteiger charge is -2.19. The first-order valence-electron chi connectivity index (χ1n) is 7.33. The molecule has 6 nitrogen and oxygen atoms in total. The van der Waals surface area contributed by atoms with Crippen LogP contribution in [0.4, 0.5) is 5.82 Å². The lowest BCUT2D eigenvalue weighted by molar-refractivity contribution is 0.392. The van der Waals surface area contributed by atoms with Crippen LogP contribution in [0.5, 0.6) is 5.88 Å². The lowest BCUT2D eigenvalue weighted by Crippen LogP contribution is -2.13. The maximum Gasteiger partial charge on any atom is 0.233 e. The number of ether oxygens (including phenoxy) is 1. The van der Waals surface area contributed by atoms with Crippen molar-refractivity contribution in [3.05, 3.63) is 23.4 Å². The van der Waals surface area contributed by atoms with Crippen molar-refractivity contribution in [1.82, 2.24) is 20.2 Å². The normalized spacial score (nSPS) is 13.6. The third kappa shape index (κ3) is 2.79. The van der Waals surface area contributed by atoms with Gasteiger partial charge in [-0.2, -0.15) is 0 Å². The van der Waals surface area contributed by atoms with Crippen molar-refractivity contribution in [2.24, 2.45) is 0 Å². The van der Waals surface area contributed by atoms with Crippen LogP contribution in [0.25, 0.3) is 11.5 Å². The van der Waals surface area contributed by atoms with Crippen LogP contribution in [-0.2, 0) is 12.8 Å². The molecule has 0 saturated heterocycles. The van der Waals surface area contributed by atoms with Crippen LogP contribution in [0.2, 0.25) is 0 Å². The highest BCUT2D eigenvalue weighted by atomic mass is 16.5. The minimum atomic E-state index is 0.489. The average molecular weight is 285 g/mol. The number of anilines is 1. The zero-order valence-electron chi connectivity index (χ0n) is 12.4. The van der Waals surface area contributed by atoms with Crippen LogP contribution < -0.4 is 10.1 Å². The van der Waals surface area contributed by atoms with E-state index in [1.807, 2.05) is 6.07 Å². The van der Waals surface area contributed by atoms with E-state index in [4.69, 9.17) is 4.74 Å². The average Bonchev–Trinajstić information content (AvgIpc) is 2.55. The maximum atomic E-state index is 5.03. The summed E-state index contributed by atoms with van der Waals surface area (Å²) >= 11 is 0. The number of fused-ring (bicyclic) bond motifs is 1. The first kappa shape index (κ1) is 13.7. The van der Waals surface area contributed by atoms with E-state index in [1.165, 1.54) is 18.4 Å². The van der Waals surface area contributed by atoms with Crippen LogP contribution in [0.15, 0.2) is 12.1 Å². The number of nitrogens with one attached hydrogen (secondary N) is 1. The van der Waals surface area contributed by atoms with E-state index < -0.39 is 0 Å². The van der Waals surface area contributed by atoms with Crippen molar-refractivity contribution in [2.45, 2.75) is 32.6 Å². The van der Waals surface area contributed by atoms with E-state index in [9.17, 15) is 0 Å². The minimum absolute atomic E-state index is 0.489. The molecule has 2 heterocycles. The molecule has 1 aliphatic carbocycles. The minimum Gasteiger partial charge on any atom is -0.480 e. The van der Waals surface area contributed by atoms with Crippen molar-refractivity contribution < 1.29 is 4.74 Å². The molecule has 1 aliphatic rings. The fourth-order valence-electron chi connectivity index (χ4n) is 2.57. The third-order valence-corrected chi connectivity index (χ3v) is 3.61. The molecule has 0 atom stereocenters. The molecule has 110 valence electrons. The van der Waals surface area contributed by atoms with Crippen molar-refractivity contribution in [3.63, 3.8) is 0 Å². The second-order valence-electron chi connectivity index (χ2n) is 5.02. The van der Waals surface area contributed by atoms with Gasteiger partial charge in [0.25, 0.3) is 0 Å². The molecule has 0 fully saturated rings. The topological polar surface area (TPSA) is 72.8 Å². The van der Waals surface area contributed by atoms with Gasteiger partial charge in [-0.1, -0.05) is 0 Å². The highest BCUT2D eigenvalue weighted by Gasteiger charge is 2.18. The molecule has 0 unspecified atom stereocenters. The van der Waals surface area contributed by atoms with Gasteiger partial charge in [0.15, 0.2) is 5.82 Å². The predicted octanol–water partition coefficient (Wildman–Crippen LogP) is 2.25. The molecule has 0 aliphatic heterocycles. The Kier molecular flexibility index (Phi) is 3.94. The molecule has 0 spiro atoms. The summed E-state index contributed by atoms with van der Waals surface area (Å²) in [5, 5.41) is 11.5. The van der Waals surface area contributed by atoms with Gasteiger partial charge in [-0.25, -0.2) is 9.97 Å². The van der Waals surface area contributed by atoms with Crippen molar-refractivity contribution in [3.8, 4) is 17.4 Å². The number of hydrogen-bond acceptors (Lipinski definition) is 6. The molecular formula is C15H19N5O. The molecule has 2 aromatic rings. The first-order chi connectivity index (χ1) is 10.3. The van der Waals surface area contributed by atoms with E-state index in [0.29, 0.717) is 17.4 Å². The van der Waals surface area contributed by atoms with Gasteiger partial charge in [-0.15, -0.1) is 10.2 Å². The van der Waals surface area contributed by atoms with Gasteiger partial charge in [-0.3, -0.25) is 0 Å². The summed E-state index contributed by atoms with van der Waals surface area (Å²) in [4.78, 5) is 9.32. The monoisotopic (exact) mass is 285 g/mol. The zero-order chi connectivity index (χ0) is 14.7. The largest absolute Gasteiger partial charge is 0.480 e. The summed E-state index contributed by atoms with van der Waals surface area (Å²) < 4.78 is 5.03. The van der Waals surface area contributed by atoms with Crippen molar-refractivity contribution >= 4 is 5.82 Å². The Labute approximate surface area is 124 Å². The van der Waals surface area contributed by atoms with E-state index in [2.05, 4.69) is 32.4 Å². The number of rotatable bonds is 4. The van der Waals surface area contributed by atoms with Gasteiger partial charge in [0.2, 0.25) is 5.88 Å². The van der Waals surface area contributed by atoms with E-state index in [1.54, 1.807) is 13.2 Å². The van der Waals surface area contributed by atoms with Gasteiger partial charge in [-0.05, 0) is 38.7 Å². The van der Waals surface area contributed by atoms with Gasteiger partial charge in [0.05, 0.1) is 7.11 Å². The molecule has 6 heteroatoms. The van der Waals surface area contributed by atoms with E-state index in [-0.39, 0.29) is 0 Å². The molecule has 1 N–H and O–H groups in total. The van der Waals surface area contributed by atoms with E-state index >= 15 is 0 Å². The summed E-state index contributed by atoms with van der Waals surface area (Å²) in [7, 11) is 1.57. The predicted molar refractivity (Wildman–Crippen MR) is 80.4 cm³/mol. The van der Waals surface area contributed by atoms with Crippen LogP contribution in [0.3, 0.4) is 0 Å². The molecular weight excluding hydrogens is 266 g/mol. The van der Waals surface area contributed by atoms with Crippen LogP contribution >= 0.6 is 0 Å². The SMILES string of the molecule is CCNc1nc(-c2ccc(OC)nn2)nc2c1CCCC2. The molecule has 21 heavy (non-hydrogen) atoms. The number of hydrogen-bond donors (Lipinski definition) is 1. The van der Waals surface area contributed by atoms with Crippen molar-refractivity contribution in [2.75, 3.05) is 19.0 Å². The summed E-state index contributed by atoms with van der Waals surface area (Å²) in [5.74, 6) is 2.06. The molecule has 0 aromatic carbocycles. The Morgan fingerprint density at radius 2 is 2.00 bits per heavy atom. The molecule has 0 bridgehead atoms. The zero-order valence-corrected chi connectivity index (χ0v) is 12.4. The molecule has 0 radical (unpaired) electrons. The second-order valence-corrected chi connectivity index (χ2v) is 5.02. The summed E-state index contributed by atoms with van der Waals surface area (Å²) in [6, 6.07) is 3.62. The Morgan fingerprint density at radius 3 is 2.71 bits per heavy atom. The number of methoxy groups -OCH3 is 1. The van der Waals surface area contributed by atoms with E-state index in [0.717, 1.165) is 30.9 Å². The van der Waals surface area contributed by atoms with Gasteiger partial charge in [0.1, 0.15) is 11.5 Å². The maximum absolute atomic E-state index is 5.03. The second kappa shape index (κ2) is 6.03. The Hall–Kier alpha value is -2.24. The van der Waals surface area contributed by atoms with Crippen LogP contribution in [0, 0.1) is 0 Å². The highest BCUT2D eigenvalue weighted by molar-refractivity contribution is 5.57. The van der Waals surface area contributed by atoms with Crippen LogP contribution in [0.1, 0.15) is 31.0 Å². The Balaban J connectivity index is 2.03. The first-order valence-corrected chi connectivity index (χ1v) is 7.33. The Bertz CT molecular complexity index is 627. The fourth-order valence-corrected chi connectivity index (χ4v) is 2.57. The summed E-state index contributed by atoms with van der Waals surface area (Å²) in [5.41, 5.74) is 3.07. The van der Waals surface area contributed by atoms with Crippen molar-refractivity contribution in [1.29, 1.82) is 0 Å². The number of aromatic nitrogens is 4. The van der Waals surface area contributed by atoms with Gasteiger partial charge < -0.3 is 10.1 Å². The molecule has 0 amide bonds. The molecule has 2 aromatic heterocycles. The standard InChI is InChI=1S/C15H19N5O/c1-3-16-14-10-6-4-5-7-11(10)17-15(18-14)12-8-9-13(21-2)20-19-12/h8-9H,3-7H2,1-2H3,(H,16,17,18). The van der Waals surface area contributed by atoms with Gasteiger partial charge >= 0.3 is 0 Å². The Morgan fingerprint density at radius 1 is 1.14 bits per heavy atom. The molecule has 3 rings (SSSR count). The lowest BCUT2D eigenvalue weighted by atomic mass is 9.96. The summed E-state index contributed by atoms with van der Waals surface area (Å²) in [6.45, 7) is 2.92. The number of aryl methyl sites for hydroxylation is 1. The summed E-state index contributed by atoms with van der Waals surface area (Å²) in [6.07, 6.45) is 4.44. The quantitative estimate of drug-likeness (QED) is 0.929. The van der Waals surface area contributed by atoms with Crippen LogP contribution in [-0.4, -0.2) is 33.8 Å². The molecule has 0 saturated carbocycles. The number of nitrogens with zero attached hydrogens (tertiary/aromatic N) is 4. The smallest absolute Gasteiger partial charge is 0.233 e.